The number of aliphatic hydroxyl groups is 5. The van der Waals surface area contributed by atoms with Crippen molar-refractivity contribution in [1.82, 2.24) is 5.32 Å². The summed E-state index contributed by atoms with van der Waals surface area (Å²) >= 11 is 0. The van der Waals surface area contributed by atoms with Crippen LogP contribution in [0.5, 0.6) is 0 Å². The average Bonchev–Trinajstić information content (AvgIpc) is 3.66. The van der Waals surface area contributed by atoms with E-state index in [1.807, 2.05) is 6.08 Å². The number of hydrogen-bond donors (Lipinski definition) is 6. The number of ether oxygens (including phenoxy) is 2. The van der Waals surface area contributed by atoms with Crippen LogP contribution in [0.2, 0.25) is 0 Å². The van der Waals surface area contributed by atoms with Gasteiger partial charge in [-0.1, -0.05) is 359 Å². The third kappa shape index (κ3) is 53.9. The molecule has 502 valence electrons. The van der Waals surface area contributed by atoms with Crippen LogP contribution in [0.15, 0.2) is 36.5 Å². The number of unbranched alkanes of at least 4 members (excludes halogenated alkanes) is 53. The predicted octanol–water partition coefficient (Wildman–Crippen LogP) is 21.0. The molecule has 0 aromatic carbocycles. The lowest BCUT2D eigenvalue weighted by Crippen LogP contribution is -2.60. The van der Waals surface area contributed by atoms with Crippen LogP contribution >= 0.6 is 0 Å². The van der Waals surface area contributed by atoms with E-state index in [4.69, 9.17) is 9.47 Å². The second-order valence-electron chi connectivity index (χ2n) is 26.4. The second-order valence-corrected chi connectivity index (χ2v) is 26.4. The van der Waals surface area contributed by atoms with Crippen molar-refractivity contribution in [2.75, 3.05) is 13.2 Å². The summed E-state index contributed by atoms with van der Waals surface area (Å²) in [7, 11) is 0. The molecule has 7 unspecified atom stereocenters. The summed E-state index contributed by atoms with van der Waals surface area (Å²) in [6, 6.07) is -0.821. The molecule has 1 fully saturated rings. The standard InChI is InChI=1S/C76H145NO8/c1-3-5-7-9-11-13-15-17-19-21-23-25-27-28-29-30-31-32-33-34-35-36-37-38-39-40-41-42-44-46-48-50-52-54-56-58-60-62-64-66-72(80)77-69(68-84-76-75(83)74(82)73(81)71(67-78)85-76)70(79)65-63-61-59-57-55-53-51-49-47-45-43-26-24-22-20-18-16-14-12-10-8-6-4-2/h21,23,55,57,63,65,69-71,73-76,78-79,81-83H,3-20,22,24-54,56,58-62,64,66-68H2,1-2H3,(H,77,80)/b23-21-,57-55+,65-63+. The summed E-state index contributed by atoms with van der Waals surface area (Å²) in [5, 5.41) is 54.8. The van der Waals surface area contributed by atoms with Crippen LogP contribution in [-0.2, 0) is 14.3 Å². The molecule has 1 aliphatic heterocycles. The number of hydrogen-bond acceptors (Lipinski definition) is 8. The highest BCUT2D eigenvalue weighted by molar-refractivity contribution is 5.76. The Morgan fingerprint density at radius 1 is 0.388 bits per heavy atom. The number of rotatable bonds is 67. The van der Waals surface area contributed by atoms with Crippen LogP contribution < -0.4 is 5.32 Å². The second kappa shape index (κ2) is 65.4. The van der Waals surface area contributed by atoms with Crippen molar-refractivity contribution >= 4 is 5.91 Å². The number of carbonyl (C=O) groups is 1. The van der Waals surface area contributed by atoms with E-state index in [0.29, 0.717) is 6.42 Å². The van der Waals surface area contributed by atoms with Crippen molar-refractivity contribution in [2.24, 2.45) is 0 Å². The smallest absolute Gasteiger partial charge is 0.220 e. The van der Waals surface area contributed by atoms with Gasteiger partial charge in [-0.3, -0.25) is 4.79 Å². The number of aliphatic hydroxyl groups excluding tert-OH is 5. The molecule has 1 rings (SSSR count). The molecule has 0 aromatic rings. The zero-order valence-electron chi connectivity index (χ0n) is 56.4. The number of nitrogens with one attached hydrogen (secondary N) is 1. The lowest BCUT2D eigenvalue weighted by atomic mass is 9.99. The van der Waals surface area contributed by atoms with Gasteiger partial charge in [-0.05, 0) is 57.8 Å². The van der Waals surface area contributed by atoms with Crippen LogP contribution in [0.25, 0.3) is 0 Å². The first kappa shape index (κ1) is 81.4. The largest absolute Gasteiger partial charge is 0.394 e. The zero-order valence-corrected chi connectivity index (χ0v) is 56.4. The molecule has 1 aliphatic rings. The van der Waals surface area contributed by atoms with Gasteiger partial charge < -0.3 is 40.3 Å². The number of carbonyl (C=O) groups excluding carboxylic acids is 1. The molecule has 0 aromatic heterocycles. The monoisotopic (exact) mass is 1200 g/mol. The van der Waals surface area contributed by atoms with Crippen molar-refractivity contribution < 1.29 is 39.8 Å². The molecule has 7 atom stereocenters. The summed E-state index contributed by atoms with van der Waals surface area (Å²) in [4.78, 5) is 13.1. The van der Waals surface area contributed by atoms with E-state index >= 15 is 0 Å². The Kier molecular flexibility index (Phi) is 62.6. The van der Waals surface area contributed by atoms with Crippen molar-refractivity contribution in [2.45, 2.75) is 429 Å². The van der Waals surface area contributed by atoms with Gasteiger partial charge in [-0.2, -0.15) is 0 Å². The zero-order chi connectivity index (χ0) is 61.4. The van der Waals surface area contributed by atoms with Gasteiger partial charge in [0.25, 0.3) is 0 Å². The highest BCUT2D eigenvalue weighted by Gasteiger charge is 2.44. The van der Waals surface area contributed by atoms with Crippen molar-refractivity contribution in [3.63, 3.8) is 0 Å². The maximum atomic E-state index is 13.1. The van der Waals surface area contributed by atoms with Gasteiger partial charge in [0, 0.05) is 6.42 Å². The SMILES string of the molecule is CCCCCCCCCC/C=C\CCCCCCCCCCCCCCCCCCCCCCCCCCCCCC(=O)NC(COC1OC(CO)C(O)C(O)C1O)C(O)/C=C/CC/C=C/CCCCCCCCCCCCCCCCCCC. The van der Waals surface area contributed by atoms with Crippen LogP contribution in [0.4, 0.5) is 0 Å². The minimum Gasteiger partial charge on any atom is -0.394 e. The van der Waals surface area contributed by atoms with Gasteiger partial charge in [-0.15, -0.1) is 0 Å². The van der Waals surface area contributed by atoms with Gasteiger partial charge in [0.2, 0.25) is 5.91 Å². The van der Waals surface area contributed by atoms with Gasteiger partial charge in [0.1, 0.15) is 24.4 Å². The highest BCUT2D eigenvalue weighted by atomic mass is 16.7. The van der Waals surface area contributed by atoms with Crippen LogP contribution in [0.3, 0.4) is 0 Å². The predicted molar refractivity (Wildman–Crippen MR) is 364 cm³/mol. The molecule has 6 N–H and O–H groups in total. The lowest BCUT2D eigenvalue weighted by Gasteiger charge is -2.40. The third-order valence-corrected chi connectivity index (χ3v) is 18.2. The van der Waals surface area contributed by atoms with E-state index in [2.05, 4.69) is 43.5 Å². The van der Waals surface area contributed by atoms with Gasteiger partial charge in [0.05, 0.1) is 25.4 Å². The molecule has 1 saturated heterocycles. The molecule has 1 heterocycles. The summed E-state index contributed by atoms with van der Waals surface area (Å²) in [5.74, 6) is -0.178. The lowest BCUT2D eigenvalue weighted by molar-refractivity contribution is -0.302. The van der Waals surface area contributed by atoms with Gasteiger partial charge in [0.15, 0.2) is 6.29 Å². The van der Waals surface area contributed by atoms with E-state index in [-0.39, 0.29) is 12.5 Å². The molecule has 85 heavy (non-hydrogen) atoms. The Hall–Kier alpha value is -1.59. The summed E-state index contributed by atoms with van der Waals surface area (Å²) in [6.45, 7) is 3.82. The van der Waals surface area contributed by atoms with Crippen LogP contribution in [-0.4, -0.2) is 87.5 Å². The Balaban J connectivity index is 2.06. The van der Waals surface area contributed by atoms with Crippen molar-refractivity contribution in [1.29, 1.82) is 0 Å². The molecule has 1 amide bonds. The van der Waals surface area contributed by atoms with Gasteiger partial charge in [-0.25, -0.2) is 0 Å². The Morgan fingerprint density at radius 2 is 0.671 bits per heavy atom. The molecule has 9 nitrogen and oxygen atoms in total. The third-order valence-electron chi connectivity index (χ3n) is 18.2. The van der Waals surface area contributed by atoms with E-state index in [1.165, 1.54) is 327 Å². The Labute approximate surface area is 527 Å². The first-order valence-corrected chi connectivity index (χ1v) is 37.7. The van der Waals surface area contributed by atoms with E-state index < -0.39 is 49.5 Å². The maximum Gasteiger partial charge on any atom is 0.220 e. The molecule has 9 heteroatoms. The first-order valence-electron chi connectivity index (χ1n) is 37.7. The highest BCUT2D eigenvalue weighted by Crippen LogP contribution is 2.24. The molecule has 0 spiro atoms. The normalized spacial score (nSPS) is 18.2. The minimum absolute atomic E-state index is 0.178. The van der Waals surface area contributed by atoms with Crippen LogP contribution in [0.1, 0.15) is 386 Å². The molecular weight excluding hydrogens is 1050 g/mol. The average molecular weight is 1200 g/mol. The maximum absolute atomic E-state index is 13.1. The summed E-state index contributed by atoms with van der Waals surface area (Å²) in [6.07, 6.45) is 81.5. The number of amides is 1. The molecular formula is C76H145NO8. The molecule has 0 bridgehead atoms. The van der Waals surface area contributed by atoms with Crippen LogP contribution in [0, 0.1) is 0 Å². The fraction of sp³-hybridized carbons (Fsp3) is 0.908. The topological polar surface area (TPSA) is 149 Å². The van der Waals surface area contributed by atoms with Crippen molar-refractivity contribution in [3.05, 3.63) is 36.5 Å². The van der Waals surface area contributed by atoms with Gasteiger partial charge >= 0.3 is 0 Å². The summed E-state index contributed by atoms with van der Waals surface area (Å²) < 4.78 is 11.3. The van der Waals surface area contributed by atoms with E-state index in [0.717, 1.165) is 38.5 Å². The molecule has 0 radical (unpaired) electrons. The Morgan fingerprint density at radius 3 is 0.988 bits per heavy atom. The molecule has 0 saturated carbocycles. The quantitative estimate of drug-likeness (QED) is 0.0261. The Bertz CT molecular complexity index is 1440. The fourth-order valence-corrected chi connectivity index (χ4v) is 12.3. The van der Waals surface area contributed by atoms with E-state index in [1.54, 1.807) is 6.08 Å². The minimum atomic E-state index is -1.57. The van der Waals surface area contributed by atoms with Crippen molar-refractivity contribution in [3.8, 4) is 0 Å². The fourth-order valence-electron chi connectivity index (χ4n) is 12.3. The molecule has 0 aliphatic carbocycles. The summed E-state index contributed by atoms with van der Waals surface area (Å²) in [5.41, 5.74) is 0. The first-order chi connectivity index (χ1) is 41.8. The number of allylic oxidation sites excluding steroid dienone is 5. The van der Waals surface area contributed by atoms with E-state index in [9.17, 15) is 30.3 Å².